The van der Waals surface area contributed by atoms with Gasteiger partial charge in [0.15, 0.2) is 5.82 Å². The first-order valence-corrected chi connectivity index (χ1v) is 11.5. The summed E-state index contributed by atoms with van der Waals surface area (Å²) in [7, 11) is 1.88. The van der Waals surface area contributed by atoms with Gasteiger partial charge in [0.05, 0.1) is 18.9 Å². The number of likely N-dealkylation sites (N-methyl/N-ethyl adjacent to an activating group) is 1. The third kappa shape index (κ3) is 8.81. The van der Waals surface area contributed by atoms with E-state index in [9.17, 15) is 9.59 Å². The molecule has 1 heterocycles. The zero-order valence-electron chi connectivity index (χ0n) is 20.4. The van der Waals surface area contributed by atoms with Crippen LogP contribution < -0.4 is 10.4 Å². The number of carbonyl (C=O) groups is 1. The van der Waals surface area contributed by atoms with E-state index in [2.05, 4.69) is 18.9 Å². The molecule has 0 N–H and O–H groups in total. The first-order valence-electron chi connectivity index (χ1n) is 11.1. The number of rotatable bonds is 10. The molecular formula is C24H35ClN4O4. The lowest BCUT2D eigenvalue weighted by Gasteiger charge is -2.11. The Hall–Kier alpha value is -3.00. The topological polar surface area (TPSA) is 78.6 Å². The van der Waals surface area contributed by atoms with Crippen LogP contribution in [0, 0.1) is 0 Å². The number of aromatic nitrogens is 3. The Morgan fingerprint density at radius 1 is 1.15 bits per heavy atom. The smallest absolute Gasteiger partial charge is 0.351 e. The molecule has 2 rings (SSSR count). The molecule has 0 aliphatic carbocycles. The minimum absolute atomic E-state index is 0.236. The van der Waals surface area contributed by atoms with Crippen molar-refractivity contribution in [1.82, 2.24) is 19.2 Å². The van der Waals surface area contributed by atoms with Crippen LogP contribution in [0.2, 0.25) is 0 Å². The van der Waals surface area contributed by atoms with Crippen molar-refractivity contribution in [3.8, 4) is 11.4 Å². The van der Waals surface area contributed by atoms with Crippen LogP contribution in [0.5, 0.6) is 5.75 Å². The number of halogens is 1. The summed E-state index contributed by atoms with van der Waals surface area (Å²) in [5, 5.41) is 4.40. The molecule has 182 valence electrons. The summed E-state index contributed by atoms with van der Waals surface area (Å²) in [5.41, 5.74) is 2.39. The van der Waals surface area contributed by atoms with Crippen molar-refractivity contribution in [2.75, 3.05) is 26.8 Å². The third-order valence-corrected chi connectivity index (χ3v) is 4.29. The Kier molecular flexibility index (Phi) is 12.7. The third-order valence-electron chi connectivity index (χ3n) is 4.18. The standard InChI is InChI=1S/C21H27ClN4O4.C3H8/c1-5-29-18-9-7-17(8-10-18)26-20(16(3)11-13-24(4)14-12-22)23-25(21(26)28)15-19(27)30-6-2;1-3-2/h7-12,14H,5-6,13,15H2,1-4H3;3H2,1-2H3/b14-12+,16-11+;. The second-order valence-electron chi connectivity index (χ2n) is 7.14. The Bertz CT molecular complexity index is 977. The maximum Gasteiger partial charge on any atom is 0.351 e. The van der Waals surface area contributed by atoms with Crippen molar-refractivity contribution < 1.29 is 14.3 Å². The van der Waals surface area contributed by atoms with Gasteiger partial charge in [-0.2, -0.15) is 0 Å². The molecule has 2 aromatic rings. The van der Waals surface area contributed by atoms with Gasteiger partial charge in [0.1, 0.15) is 12.3 Å². The largest absolute Gasteiger partial charge is 0.494 e. The van der Waals surface area contributed by atoms with Gasteiger partial charge in [-0.3, -0.25) is 4.79 Å². The van der Waals surface area contributed by atoms with Crippen LogP contribution in [0.1, 0.15) is 46.9 Å². The summed E-state index contributed by atoms with van der Waals surface area (Å²) in [5.74, 6) is 0.629. The van der Waals surface area contributed by atoms with Crippen molar-refractivity contribution in [3.05, 3.63) is 58.4 Å². The fourth-order valence-corrected chi connectivity index (χ4v) is 2.91. The van der Waals surface area contributed by atoms with Gasteiger partial charge in [0.25, 0.3) is 0 Å². The predicted molar refractivity (Wildman–Crippen MR) is 133 cm³/mol. The van der Waals surface area contributed by atoms with Gasteiger partial charge in [0, 0.05) is 25.3 Å². The fourth-order valence-electron chi connectivity index (χ4n) is 2.72. The SMILES string of the molecule is CCC.CCOC(=O)Cn1nc(/C(C)=C/CN(C)/C=C/Cl)n(-c2ccc(OCC)cc2)c1=O. The van der Waals surface area contributed by atoms with Gasteiger partial charge in [-0.15, -0.1) is 5.10 Å². The first-order chi connectivity index (χ1) is 15.8. The Labute approximate surface area is 201 Å². The number of hydrogen-bond donors (Lipinski definition) is 0. The number of ether oxygens (including phenoxy) is 2. The molecule has 0 aliphatic heterocycles. The zero-order chi connectivity index (χ0) is 24.8. The first kappa shape index (κ1) is 28.0. The van der Waals surface area contributed by atoms with Crippen LogP contribution in [-0.4, -0.2) is 52.0 Å². The van der Waals surface area contributed by atoms with Crippen molar-refractivity contribution in [3.63, 3.8) is 0 Å². The van der Waals surface area contributed by atoms with Crippen molar-refractivity contribution in [1.29, 1.82) is 0 Å². The van der Waals surface area contributed by atoms with E-state index in [-0.39, 0.29) is 13.2 Å². The summed E-state index contributed by atoms with van der Waals surface area (Å²) >= 11 is 5.61. The number of esters is 1. The monoisotopic (exact) mass is 478 g/mol. The van der Waals surface area contributed by atoms with E-state index in [1.54, 1.807) is 37.4 Å². The number of benzene rings is 1. The van der Waals surface area contributed by atoms with Crippen LogP contribution in [0.3, 0.4) is 0 Å². The number of allylic oxidation sites excluding steroid dienone is 1. The van der Waals surface area contributed by atoms with Crippen molar-refractivity contribution in [2.24, 2.45) is 0 Å². The van der Waals surface area contributed by atoms with E-state index < -0.39 is 11.7 Å². The molecule has 8 nitrogen and oxygen atoms in total. The molecule has 9 heteroatoms. The van der Waals surface area contributed by atoms with Gasteiger partial charge in [-0.25, -0.2) is 14.0 Å². The normalized spacial score (nSPS) is 11.2. The summed E-state index contributed by atoms with van der Waals surface area (Å²) in [6.07, 6.45) is 4.91. The molecule has 0 unspecified atom stereocenters. The second-order valence-corrected chi connectivity index (χ2v) is 7.39. The van der Waals surface area contributed by atoms with Crippen molar-refractivity contribution >= 4 is 23.1 Å². The zero-order valence-corrected chi connectivity index (χ0v) is 21.1. The van der Waals surface area contributed by atoms with Crippen molar-refractivity contribution in [2.45, 2.75) is 47.6 Å². The molecule has 0 bridgehead atoms. The lowest BCUT2D eigenvalue weighted by atomic mass is 10.2. The molecule has 0 amide bonds. The minimum atomic E-state index is -0.517. The second kappa shape index (κ2) is 14.9. The van der Waals surface area contributed by atoms with Crippen LogP contribution in [0.15, 0.2) is 46.9 Å². The van der Waals surface area contributed by atoms with Gasteiger partial charge in [-0.05, 0) is 50.6 Å². The molecule has 0 radical (unpaired) electrons. The summed E-state index contributed by atoms with van der Waals surface area (Å²) in [6.45, 7) is 10.8. The highest BCUT2D eigenvalue weighted by Gasteiger charge is 2.18. The maximum absolute atomic E-state index is 13.0. The Morgan fingerprint density at radius 2 is 1.79 bits per heavy atom. The van der Waals surface area contributed by atoms with Crippen LogP contribution in [0.25, 0.3) is 11.3 Å². The van der Waals surface area contributed by atoms with E-state index in [1.807, 2.05) is 31.9 Å². The molecule has 0 atom stereocenters. The van der Waals surface area contributed by atoms with E-state index >= 15 is 0 Å². The highest BCUT2D eigenvalue weighted by Crippen LogP contribution is 2.19. The molecule has 0 spiro atoms. The molecule has 0 saturated heterocycles. The molecule has 1 aromatic heterocycles. The average Bonchev–Trinajstić information content (AvgIpc) is 3.10. The predicted octanol–water partition coefficient (Wildman–Crippen LogP) is 4.46. The van der Waals surface area contributed by atoms with E-state index in [0.717, 1.165) is 10.3 Å². The molecular weight excluding hydrogens is 444 g/mol. The lowest BCUT2D eigenvalue weighted by molar-refractivity contribution is -0.144. The Morgan fingerprint density at radius 3 is 2.33 bits per heavy atom. The molecule has 0 saturated carbocycles. The molecule has 33 heavy (non-hydrogen) atoms. The highest BCUT2D eigenvalue weighted by molar-refractivity contribution is 6.25. The maximum atomic E-state index is 13.0. The molecule has 0 aliphatic rings. The van der Waals surface area contributed by atoms with E-state index in [0.29, 0.717) is 30.4 Å². The van der Waals surface area contributed by atoms with Crippen LogP contribution in [0.4, 0.5) is 0 Å². The van der Waals surface area contributed by atoms with Gasteiger partial charge >= 0.3 is 11.7 Å². The minimum Gasteiger partial charge on any atom is -0.494 e. The molecule has 1 aromatic carbocycles. The lowest BCUT2D eigenvalue weighted by Crippen LogP contribution is -2.28. The van der Waals surface area contributed by atoms with Gasteiger partial charge in [-0.1, -0.05) is 37.9 Å². The quantitative estimate of drug-likeness (QED) is 0.469. The molecule has 0 fully saturated rings. The van der Waals surface area contributed by atoms with E-state index in [1.165, 1.54) is 16.5 Å². The number of hydrogen-bond acceptors (Lipinski definition) is 6. The summed E-state index contributed by atoms with van der Waals surface area (Å²) in [6, 6.07) is 7.13. The number of carbonyl (C=O) groups excluding carboxylic acids is 1. The average molecular weight is 479 g/mol. The fraction of sp³-hybridized carbons (Fsp3) is 0.458. The van der Waals surface area contributed by atoms with Crippen LogP contribution in [-0.2, 0) is 16.1 Å². The summed E-state index contributed by atoms with van der Waals surface area (Å²) in [4.78, 5) is 26.8. The van der Waals surface area contributed by atoms with Gasteiger partial charge < -0.3 is 14.4 Å². The highest BCUT2D eigenvalue weighted by atomic mass is 35.5. The Balaban J connectivity index is 0.00000172. The summed E-state index contributed by atoms with van der Waals surface area (Å²) < 4.78 is 13.0. The van der Waals surface area contributed by atoms with Gasteiger partial charge in [0.2, 0.25) is 0 Å². The van der Waals surface area contributed by atoms with E-state index in [4.69, 9.17) is 21.1 Å². The number of nitrogens with zero attached hydrogens (tertiary/aromatic N) is 4. The van der Waals surface area contributed by atoms with Crippen LogP contribution >= 0.6 is 11.6 Å².